The van der Waals surface area contributed by atoms with Crippen molar-refractivity contribution in [1.29, 1.82) is 0 Å². The van der Waals surface area contributed by atoms with Crippen LogP contribution in [0.25, 0.3) is 0 Å². The Bertz CT molecular complexity index is 837. The second-order valence-corrected chi connectivity index (χ2v) is 6.95. The molecule has 3 rings (SSSR count). The highest BCUT2D eigenvalue weighted by Crippen LogP contribution is 2.46. The molecule has 1 heterocycles. The van der Waals surface area contributed by atoms with Gasteiger partial charge in [0.2, 0.25) is 11.7 Å². The van der Waals surface area contributed by atoms with E-state index in [-0.39, 0.29) is 29.1 Å². The van der Waals surface area contributed by atoms with E-state index in [4.69, 9.17) is 14.2 Å². The van der Waals surface area contributed by atoms with Crippen molar-refractivity contribution in [2.24, 2.45) is 0 Å². The van der Waals surface area contributed by atoms with Crippen molar-refractivity contribution >= 4 is 17.7 Å². The van der Waals surface area contributed by atoms with E-state index < -0.39 is 11.6 Å². The highest BCUT2D eigenvalue weighted by atomic mass is 32.2. The minimum atomic E-state index is -0.551. The number of thioether (sulfide) groups is 1. The molecule has 1 atom stereocenters. The van der Waals surface area contributed by atoms with Crippen LogP contribution in [0, 0.1) is 11.6 Å². The predicted molar refractivity (Wildman–Crippen MR) is 98.2 cm³/mol. The zero-order valence-electron chi connectivity index (χ0n) is 15.1. The molecule has 0 N–H and O–H groups in total. The average molecular weight is 395 g/mol. The van der Waals surface area contributed by atoms with Crippen LogP contribution in [0.4, 0.5) is 8.78 Å². The van der Waals surface area contributed by atoms with Gasteiger partial charge in [-0.15, -0.1) is 11.8 Å². The normalized spacial score (nSPS) is 16.6. The number of benzene rings is 2. The molecule has 1 unspecified atom stereocenters. The van der Waals surface area contributed by atoms with Gasteiger partial charge in [-0.1, -0.05) is 0 Å². The minimum absolute atomic E-state index is 0.0310. The molecule has 144 valence electrons. The third kappa shape index (κ3) is 3.80. The van der Waals surface area contributed by atoms with E-state index in [1.54, 1.807) is 12.1 Å². The lowest BCUT2D eigenvalue weighted by Gasteiger charge is -2.25. The van der Waals surface area contributed by atoms with Crippen LogP contribution in [0.15, 0.2) is 30.3 Å². The molecule has 0 saturated carbocycles. The second kappa shape index (κ2) is 8.04. The molecule has 1 fully saturated rings. The number of hydrogen-bond donors (Lipinski definition) is 0. The highest BCUT2D eigenvalue weighted by Gasteiger charge is 2.34. The number of nitrogens with zero attached hydrogens (tertiary/aromatic N) is 1. The van der Waals surface area contributed by atoms with Gasteiger partial charge in [-0.05, 0) is 35.9 Å². The van der Waals surface area contributed by atoms with Gasteiger partial charge in [-0.3, -0.25) is 4.79 Å². The lowest BCUT2D eigenvalue weighted by atomic mass is 10.1. The molecule has 1 saturated heterocycles. The maximum Gasteiger partial charge on any atom is 0.234 e. The van der Waals surface area contributed by atoms with E-state index in [1.807, 2.05) is 0 Å². The molecule has 0 bridgehead atoms. The van der Waals surface area contributed by atoms with E-state index in [9.17, 15) is 13.6 Å². The molecule has 0 aromatic heterocycles. The number of carbonyl (C=O) groups is 1. The van der Waals surface area contributed by atoms with Gasteiger partial charge in [0, 0.05) is 5.56 Å². The summed E-state index contributed by atoms with van der Waals surface area (Å²) in [6.45, 7) is -0.0310. The number of methoxy groups -OCH3 is 3. The Balaban J connectivity index is 1.97. The fraction of sp³-hybridized carbons (Fsp3) is 0.316. The van der Waals surface area contributed by atoms with Gasteiger partial charge in [-0.2, -0.15) is 0 Å². The molecular formula is C19H19F2NO4S. The largest absolute Gasteiger partial charge is 0.493 e. The molecule has 0 radical (unpaired) electrons. The third-order valence-corrected chi connectivity index (χ3v) is 5.54. The van der Waals surface area contributed by atoms with Gasteiger partial charge in [0.25, 0.3) is 0 Å². The summed E-state index contributed by atoms with van der Waals surface area (Å²) in [5, 5.41) is -0.381. The number of carbonyl (C=O) groups excluding carboxylic acids is 1. The fourth-order valence-corrected chi connectivity index (χ4v) is 4.16. The number of hydrogen-bond acceptors (Lipinski definition) is 5. The SMILES string of the molecule is COc1cc(C2SCC(=O)N2Cc2cc(F)ccc2F)cc(OC)c1OC. The van der Waals surface area contributed by atoms with Crippen molar-refractivity contribution in [3.63, 3.8) is 0 Å². The zero-order valence-corrected chi connectivity index (χ0v) is 15.9. The first-order chi connectivity index (χ1) is 13.0. The van der Waals surface area contributed by atoms with E-state index in [1.165, 1.54) is 38.0 Å². The van der Waals surface area contributed by atoms with E-state index in [0.717, 1.165) is 23.8 Å². The highest BCUT2D eigenvalue weighted by molar-refractivity contribution is 8.00. The maximum atomic E-state index is 14.0. The predicted octanol–water partition coefficient (Wildman–Crippen LogP) is 3.76. The minimum Gasteiger partial charge on any atom is -0.493 e. The number of amides is 1. The first-order valence-electron chi connectivity index (χ1n) is 8.13. The number of rotatable bonds is 6. The summed E-state index contributed by atoms with van der Waals surface area (Å²) < 4.78 is 43.6. The van der Waals surface area contributed by atoms with Crippen LogP contribution in [0.5, 0.6) is 17.2 Å². The second-order valence-electron chi connectivity index (χ2n) is 5.88. The lowest BCUT2D eigenvalue weighted by molar-refractivity contribution is -0.128. The van der Waals surface area contributed by atoms with Gasteiger partial charge >= 0.3 is 0 Å². The van der Waals surface area contributed by atoms with Crippen molar-refractivity contribution < 1.29 is 27.8 Å². The van der Waals surface area contributed by atoms with Crippen molar-refractivity contribution in [3.05, 3.63) is 53.1 Å². The summed E-state index contributed by atoms with van der Waals surface area (Å²) in [6.07, 6.45) is 0. The van der Waals surface area contributed by atoms with Crippen molar-refractivity contribution in [2.45, 2.75) is 11.9 Å². The Labute approximate surface area is 160 Å². The first-order valence-corrected chi connectivity index (χ1v) is 9.18. The van der Waals surface area contributed by atoms with E-state index in [2.05, 4.69) is 0 Å². The Morgan fingerprint density at radius 1 is 1.07 bits per heavy atom. The van der Waals surface area contributed by atoms with Crippen molar-refractivity contribution in [1.82, 2.24) is 4.90 Å². The molecule has 5 nitrogen and oxygen atoms in total. The van der Waals surface area contributed by atoms with Gasteiger partial charge in [0.15, 0.2) is 11.5 Å². The Morgan fingerprint density at radius 2 is 1.74 bits per heavy atom. The van der Waals surface area contributed by atoms with Crippen LogP contribution in [-0.4, -0.2) is 37.9 Å². The molecule has 2 aromatic carbocycles. The summed E-state index contributed by atoms with van der Waals surface area (Å²) in [5.74, 6) is 0.369. The molecule has 1 amide bonds. The quantitative estimate of drug-likeness (QED) is 0.745. The zero-order chi connectivity index (χ0) is 19.6. The first kappa shape index (κ1) is 19.3. The molecule has 27 heavy (non-hydrogen) atoms. The molecular weight excluding hydrogens is 376 g/mol. The summed E-state index contributed by atoms with van der Waals surface area (Å²) in [7, 11) is 4.52. The van der Waals surface area contributed by atoms with Gasteiger partial charge in [-0.25, -0.2) is 8.78 Å². The Morgan fingerprint density at radius 3 is 2.33 bits per heavy atom. The Hall–Kier alpha value is -2.48. The summed E-state index contributed by atoms with van der Waals surface area (Å²) in [5.41, 5.74) is 0.875. The third-order valence-electron chi connectivity index (χ3n) is 4.29. The summed E-state index contributed by atoms with van der Waals surface area (Å²) in [6, 6.07) is 6.74. The van der Waals surface area contributed by atoms with Crippen LogP contribution in [-0.2, 0) is 11.3 Å². The monoisotopic (exact) mass is 395 g/mol. The van der Waals surface area contributed by atoms with Gasteiger partial charge < -0.3 is 19.1 Å². The summed E-state index contributed by atoms with van der Waals surface area (Å²) in [4.78, 5) is 13.9. The van der Waals surface area contributed by atoms with Crippen LogP contribution >= 0.6 is 11.8 Å². The van der Waals surface area contributed by atoms with Crippen molar-refractivity contribution in [2.75, 3.05) is 27.1 Å². The van der Waals surface area contributed by atoms with Crippen LogP contribution < -0.4 is 14.2 Å². The number of ether oxygens (including phenoxy) is 3. The van der Waals surface area contributed by atoms with Crippen LogP contribution in [0.2, 0.25) is 0 Å². The number of halogens is 2. The maximum absolute atomic E-state index is 14.0. The molecule has 0 aliphatic carbocycles. The molecule has 1 aliphatic heterocycles. The molecule has 8 heteroatoms. The van der Waals surface area contributed by atoms with Crippen LogP contribution in [0.3, 0.4) is 0 Å². The molecule has 0 spiro atoms. The standard InChI is InChI=1S/C19H19F2NO4S/c1-24-15-7-11(8-16(25-2)18(15)26-3)19-22(17(23)10-27-19)9-12-6-13(20)4-5-14(12)21/h4-8,19H,9-10H2,1-3H3. The van der Waals surface area contributed by atoms with Crippen LogP contribution in [0.1, 0.15) is 16.5 Å². The molecule has 1 aliphatic rings. The van der Waals surface area contributed by atoms with E-state index in [0.29, 0.717) is 17.2 Å². The van der Waals surface area contributed by atoms with Gasteiger partial charge in [0.1, 0.15) is 17.0 Å². The topological polar surface area (TPSA) is 48.0 Å². The Kier molecular flexibility index (Phi) is 5.74. The van der Waals surface area contributed by atoms with Crippen molar-refractivity contribution in [3.8, 4) is 17.2 Å². The van der Waals surface area contributed by atoms with Gasteiger partial charge in [0.05, 0.1) is 33.6 Å². The fourth-order valence-electron chi connectivity index (χ4n) is 2.99. The molecule has 2 aromatic rings. The van der Waals surface area contributed by atoms with E-state index >= 15 is 0 Å². The summed E-state index contributed by atoms with van der Waals surface area (Å²) >= 11 is 1.40. The average Bonchev–Trinajstić information content (AvgIpc) is 3.03. The lowest BCUT2D eigenvalue weighted by Crippen LogP contribution is -2.28. The smallest absolute Gasteiger partial charge is 0.234 e.